The number of methoxy groups -OCH3 is 2. The SMILES string of the molecule is CCCCN(C(C)=O)C(=O)C(c1cccs1)N(CCCC)Cc1cc(OC)c(OC)cc1N=[N+]=[N-]. The van der Waals surface area contributed by atoms with E-state index in [1.807, 2.05) is 24.4 Å². The molecule has 1 unspecified atom stereocenters. The molecule has 2 rings (SSSR count). The minimum Gasteiger partial charge on any atom is -0.493 e. The third kappa shape index (κ3) is 7.45. The van der Waals surface area contributed by atoms with Crippen LogP contribution in [-0.2, 0) is 16.1 Å². The van der Waals surface area contributed by atoms with Gasteiger partial charge in [-0.25, -0.2) is 0 Å². The van der Waals surface area contributed by atoms with Crippen LogP contribution in [0.25, 0.3) is 10.4 Å². The molecule has 35 heavy (non-hydrogen) atoms. The van der Waals surface area contributed by atoms with Crippen molar-refractivity contribution in [2.24, 2.45) is 5.11 Å². The van der Waals surface area contributed by atoms with Gasteiger partial charge in [0.1, 0.15) is 6.04 Å². The second-order valence-electron chi connectivity index (χ2n) is 8.13. The predicted molar refractivity (Wildman–Crippen MR) is 138 cm³/mol. The summed E-state index contributed by atoms with van der Waals surface area (Å²) in [4.78, 5) is 33.6. The van der Waals surface area contributed by atoms with Crippen LogP contribution in [0.1, 0.15) is 62.9 Å². The quantitative estimate of drug-likeness (QED) is 0.173. The van der Waals surface area contributed by atoms with E-state index in [0.717, 1.165) is 30.6 Å². The molecule has 0 bridgehead atoms. The first-order valence-electron chi connectivity index (χ1n) is 11.8. The highest BCUT2D eigenvalue weighted by Crippen LogP contribution is 2.37. The Morgan fingerprint density at radius 2 is 1.77 bits per heavy atom. The fourth-order valence-electron chi connectivity index (χ4n) is 3.85. The van der Waals surface area contributed by atoms with Gasteiger partial charge in [0.05, 0.1) is 14.2 Å². The van der Waals surface area contributed by atoms with Gasteiger partial charge < -0.3 is 9.47 Å². The van der Waals surface area contributed by atoms with Crippen LogP contribution < -0.4 is 9.47 Å². The van der Waals surface area contributed by atoms with E-state index < -0.39 is 6.04 Å². The third-order valence-electron chi connectivity index (χ3n) is 5.70. The van der Waals surface area contributed by atoms with Gasteiger partial charge in [-0.05, 0) is 54.1 Å². The van der Waals surface area contributed by atoms with E-state index in [0.29, 0.717) is 42.4 Å². The number of imide groups is 1. The van der Waals surface area contributed by atoms with E-state index in [1.165, 1.54) is 30.3 Å². The molecule has 1 aromatic heterocycles. The van der Waals surface area contributed by atoms with E-state index in [9.17, 15) is 9.59 Å². The third-order valence-corrected chi connectivity index (χ3v) is 6.63. The Morgan fingerprint density at radius 3 is 2.31 bits per heavy atom. The van der Waals surface area contributed by atoms with Crippen molar-refractivity contribution in [3.63, 3.8) is 0 Å². The van der Waals surface area contributed by atoms with Gasteiger partial charge in [0.2, 0.25) is 5.91 Å². The Balaban J connectivity index is 2.59. The molecule has 0 N–H and O–H groups in total. The van der Waals surface area contributed by atoms with Crippen molar-refractivity contribution in [1.29, 1.82) is 0 Å². The monoisotopic (exact) mass is 501 g/mol. The summed E-state index contributed by atoms with van der Waals surface area (Å²) in [6, 6.07) is 6.60. The summed E-state index contributed by atoms with van der Waals surface area (Å²) in [7, 11) is 3.06. The smallest absolute Gasteiger partial charge is 0.251 e. The normalized spacial score (nSPS) is 11.6. The number of hydrogen-bond acceptors (Lipinski definition) is 7. The number of carbonyl (C=O) groups excluding carboxylic acids is 2. The van der Waals surface area contributed by atoms with Crippen molar-refractivity contribution in [3.05, 3.63) is 50.5 Å². The minimum absolute atomic E-state index is 0.240. The molecule has 0 spiro atoms. The lowest BCUT2D eigenvalue weighted by atomic mass is 10.1. The Labute approximate surface area is 211 Å². The number of benzene rings is 1. The molecule has 0 aliphatic carbocycles. The molecule has 190 valence electrons. The highest BCUT2D eigenvalue weighted by molar-refractivity contribution is 7.10. The Bertz CT molecular complexity index is 1020. The Kier molecular flexibility index (Phi) is 11.6. The lowest BCUT2D eigenvalue weighted by molar-refractivity contribution is -0.147. The molecule has 10 heteroatoms. The fourth-order valence-corrected chi connectivity index (χ4v) is 4.70. The van der Waals surface area contributed by atoms with E-state index in [2.05, 4.69) is 21.8 Å². The molecule has 0 radical (unpaired) electrons. The molecule has 2 amide bonds. The van der Waals surface area contributed by atoms with Crippen molar-refractivity contribution in [2.75, 3.05) is 27.3 Å². The first-order chi connectivity index (χ1) is 16.9. The summed E-state index contributed by atoms with van der Waals surface area (Å²) < 4.78 is 10.8. The molecule has 0 saturated carbocycles. The zero-order valence-corrected chi connectivity index (χ0v) is 22.0. The van der Waals surface area contributed by atoms with Crippen LogP contribution in [-0.4, -0.2) is 48.9 Å². The largest absolute Gasteiger partial charge is 0.493 e. The van der Waals surface area contributed by atoms with E-state index in [4.69, 9.17) is 15.0 Å². The fraction of sp³-hybridized carbons (Fsp3) is 0.520. The number of thiophene rings is 1. The lowest BCUT2D eigenvalue weighted by Gasteiger charge is -2.34. The van der Waals surface area contributed by atoms with Gasteiger partial charge in [0.15, 0.2) is 11.5 Å². The second-order valence-corrected chi connectivity index (χ2v) is 9.11. The van der Waals surface area contributed by atoms with Crippen LogP contribution in [0.5, 0.6) is 11.5 Å². The molecule has 0 aliphatic heterocycles. The van der Waals surface area contributed by atoms with E-state index in [1.54, 1.807) is 19.2 Å². The molecule has 1 aromatic carbocycles. The zero-order chi connectivity index (χ0) is 25.8. The summed E-state index contributed by atoms with van der Waals surface area (Å²) in [6.45, 7) is 6.88. The first-order valence-corrected chi connectivity index (χ1v) is 12.7. The number of carbonyl (C=O) groups is 2. The van der Waals surface area contributed by atoms with Crippen molar-refractivity contribution < 1.29 is 19.1 Å². The molecule has 2 aromatic rings. The number of hydrogen-bond donors (Lipinski definition) is 0. The average Bonchev–Trinajstić information content (AvgIpc) is 3.37. The standard InChI is InChI=1S/C25H35N5O4S/c1-6-8-12-29(17-19-15-21(33-4)22(34-5)16-20(19)27-28-26)24(23-11-10-14-35-23)25(32)30(18(3)31)13-9-7-2/h10-11,14-16,24H,6-9,12-13,17H2,1-5H3. The summed E-state index contributed by atoms with van der Waals surface area (Å²) in [5.41, 5.74) is 10.3. The Morgan fingerprint density at radius 1 is 1.11 bits per heavy atom. The van der Waals surface area contributed by atoms with Gasteiger partial charge in [0.25, 0.3) is 5.91 Å². The van der Waals surface area contributed by atoms with Crippen LogP contribution in [0, 0.1) is 0 Å². The molecule has 0 saturated heterocycles. The van der Waals surface area contributed by atoms with E-state index >= 15 is 0 Å². The zero-order valence-electron chi connectivity index (χ0n) is 21.2. The van der Waals surface area contributed by atoms with Crippen LogP contribution in [0.4, 0.5) is 5.69 Å². The van der Waals surface area contributed by atoms with Crippen LogP contribution in [0.15, 0.2) is 34.8 Å². The minimum atomic E-state index is -0.644. The molecule has 1 heterocycles. The van der Waals surface area contributed by atoms with Gasteiger partial charge in [-0.2, -0.15) is 0 Å². The number of rotatable bonds is 14. The number of azide groups is 1. The van der Waals surface area contributed by atoms with Crippen LogP contribution in [0.2, 0.25) is 0 Å². The van der Waals surface area contributed by atoms with Gasteiger partial charge in [-0.3, -0.25) is 19.4 Å². The molecular weight excluding hydrogens is 466 g/mol. The number of unbranched alkanes of at least 4 members (excludes halogenated alkanes) is 2. The molecule has 0 aliphatic rings. The summed E-state index contributed by atoms with van der Waals surface area (Å²) in [5, 5.41) is 5.80. The first kappa shape index (κ1) is 28.2. The topological polar surface area (TPSA) is 108 Å². The highest BCUT2D eigenvalue weighted by Gasteiger charge is 2.34. The molecular formula is C25H35N5O4S. The second kappa shape index (κ2) is 14.4. The Hall–Kier alpha value is -3.07. The maximum atomic E-state index is 13.9. The van der Waals surface area contributed by atoms with Crippen LogP contribution in [0.3, 0.4) is 0 Å². The maximum absolute atomic E-state index is 13.9. The summed E-state index contributed by atoms with van der Waals surface area (Å²) in [5.74, 6) is 0.450. The highest BCUT2D eigenvalue weighted by atomic mass is 32.1. The average molecular weight is 502 g/mol. The van der Waals surface area contributed by atoms with E-state index in [-0.39, 0.29) is 11.8 Å². The van der Waals surface area contributed by atoms with Crippen molar-refractivity contribution in [2.45, 2.75) is 59.0 Å². The maximum Gasteiger partial charge on any atom is 0.251 e. The number of ether oxygens (including phenoxy) is 2. The molecule has 0 fully saturated rings. The number of nitrogens with zero attached hydrogens (tertiary/aromatic N) is 5. The van der Waals surface area contributed by atoms with Crippen LogP contribution >= 0.6 is 11.3 Å². The predicted octanol–water partition coefficient (Wildman–Crippen LogP) is 6.23. The summed E-state index contributed by atoms with van der Waals surface area (Å²) in [6.07, 6.45) is 3.41. The van der Waals surface area contributed by atoms with Crippen molar-refractivity contribution in [3.8, 4) is 11.5 Å². The lowest BCUT2D eigenvalue weighted by Crippen LogP contribution is -2.45. The molecule has 1 atom stereocenters. The van der Waals surface area contributed by atoms with Gasteiger partial charge >= 0.3 is 0 Å². The summed E-state index contributed by atoms with van der Waals surface area (Å²) >= 11 is 1.49. The van der Waals surface area contributed by atoms with Crippen molar-refractivity contribution in [1.82, 2.24) is 9.80 Å². The van der Waals surface area contributed by atoms with Gasteiger partial charge in [0, 0.05) is 35.5 Å². The van der Waals surface area contributed by atoms with Crippen molar-refractivity contribution >= 4 is 28.8 Å². The van der Waals surface area contributed by atoms with Gasteiger partial charge in [-0.15, -0.1) is 11.3 Å². The molecule has 9 nitrogen and oxygen atoms in total. The number of amides is 2. The van der Waals surface area contributed by atoms with Gasteiger partial charge in [-0.1, -0.05) is 37.9 Å².